The lowest BCUT2D eigenvalue weighted by atomic mass is 9.97. The number of carbonyl (C=O) groups is 2. The molecule has 4 rings (SSSR count). The zero-order valence-corrected chi connectivity index (χ0v) is 21.0. The van der Waals surface area contributed by atoms with Crippen LogP contribution in [-0.2, 0) is 9.59 Å². The summed E-state index contributed by atoms with van der Waals surface area (Å²) >= 11 is 1.48. The van der Waals surface area contributed by atoms with Crippen molar-refractivity contribution in [2.45, 2.75) is 47.1 Å². The Morgan fingerprint density at radius 2 is 1.74 bits per heavy atom. The highest BCUT2D eigenvalue weighted by Crippen LogP contribution is 2.45. The van der Waals surface area contributed by atoms with E-state index in [4.69, 9.17) is 4.74 Å². The van der Waals surface area contributed by atoms with Crippen molar-refractivity contribution in [3.05, 3.63) is 86.1 Å². The molecule has 5 nitrogen and oxygen atoms in total. The van der Waals surface area contributed by atoms with Crippen LogP contribution in [0.4, 0.5) is 5.69 Å². The molecule has 1 fully saturated rings. The molecule has 6 heteroatoms. The largest absolute Gasteiger partial charge is 0.507 e. The molecule has 0 aliphatic carbocycles. The molecule has 3 aromatic rings. The molecule has 1 saturated heterocycles. The number of carbonyl (C=O) groups excluding carboxylic acids is 2. The van der Waals surface area contributed by atoms with Crippen LogP contribution in [0, 0.1) is 27.7 Å². The van der Waals surface area contributed by atoms with Crippen LogP contribution < -0.4 is 9.64 Å². The van der Waals surface area contributed by atoms with Gasteiger partial charge < -0.3 is 9.84 Å². The van der Waals surface area contributed by atoms with Crippen molar-refractivity contribution in [3.8, 4) is 5.75 Å². The van der Waals surface area contributed by atoms with Gasteiger partial charge in [-0.3, -0.25) is 14.5 Å². The summed E-state index contributed by atoms with van der Waals surface area (Å²) < 4.78 is 5.75. The third kappa shape index (κ3) is 4.14. The molecule has 176 valence electrons. The highest BCUT2D eigenvalue weighted by Gasteiger charge is 2.48. The molecule has 1 N–H and O–H groups in total. The first-order chi connectivity index (χ1) is 16.2. The molecular weight excluding hydrogens is 446 g/mol. The summed E-state index contributed by atoms with van der Waals surface area (Å²) in [6.07, 6.45) is 0.892. The second kappa shape index (κ2) is 9.47. The van der Waals surface area contributed by atoms with Gasteiger partial charge in [0, 0.05) is 16.1 Å². The minimum absolute atomic E-state index is 0.107. The molecule has 0 radical (unpaired) electrons. The smallest absolute Gasteiger partial charge is 0.300 e. The lowest BCUT2D eigenvalue weighted by Crippen LogP contribution is -2.29. The summed E-state index contributed by atoms with van der Waals surface area (Å²) in [6, 6.07) is 12.3. The predicted octanol–water partition coefficient (Wildman–Crippen LogP) is 6.40. The van der Waals surface area contributed by atoms with Crippen LogP contribution in [0.1, 0.15) is 52.1 Å². The number of rotatable bonds is 6. The third-order valence-electron chi connectivity index (χ3n) is 6.27. The minimum atomic E-state index is -0.696. The van der Waals surface area contributed by atoms with E-state index < -0.39 is 17.7 Å². The maximum absolute atomic E-state index is 13.3. The van der Waals surface area contributed by atoms with Gasteiger partial charge in [0.25, 0.3) is 11.7 Å². The molecule has 2 heterocycles. The molecule has 1 aromatic heterocycles. The van der Waals surface area contributed by atoms with Gasteiger partial charge in [-0.15, -0.1) is 11.3 Å². The van der Waals surface area contributed by atoms with Gasteiger partial charge in [-0.2, -0.15) is 0 Å². The molecule has 34 heavy (non-hydrogen) atoms. The highest BCUT2D eigenvalue weighted by molar-refractivity contribution is 7.10. The number of amides is 1. The van der Waals surface area contributed by atoms with Crippen molar-refractivity contribution in [2.24, 2.45) is 0 Å². The predicted molar refractivity (Wildman–Crippen MR) is 137 cm³/mol. The van der Waals surface area contributed by atoms with E-state index in [0.717, 1.165) is 39.3 Å². The molecule has 1 atom stereocenters. The van der Waals surface area contributed by atoms with Crippen LogP contribution in [-0.4, -0.2) is 23.4 Å². The minimum Gasteiger partial charge on any atom is -0.507 e. The number of thiophene rings is 1. The number of ketones is 1. The molecule has 1 aliphatic rings. The van der Waals surface area contributed by atoms with Gasteiger partial charge in [0.1, 0.15) is 17.6 Å². The fourth-order valence-corrected chi connectivity index (χ4v) is 5.24. The highest BCUT2D eigenvalue weighted by atomic mass is 32.1. The van der Waals surface area contributed by atoms with Crippen molar-refractivity contribution in [1.82, 2.24) is 0 Å². The van der Waals surface area contributed by atoms with Gasteiger partial charge in [0.05, 0.1) is 12.2 Å². The van der Waals surface area contributed by atoms with E-state index in [1.807, 2.05) is 64.3 Å². The molecule has 0 spiro atoms. The number of aryl methyl sites for hydroxylation is 4. The zero-order valence-electron chi connectivity index (χ0n) is 20.1. The Bertz CT molecular complexity index is 1300. The summed E-state index contributed by atoms with van der Waals surface area (Å²) in [5.74, 6) is -0.757. The molecule has 1 unspecified atom stereocenters. The first-order valence-corrected chi connectivity index (χ1v) is 12.3. The number of benzene rings is 2. The Hall–Kier alpha value is -3.38. The average Bonchev–Trinajstić information content (AvgIpc) is 3.34. The van der Waals surface area contributed by atoms with Crippen molar-refractivity contribution in [3.63, 3.8) is 0 Å². The maximum atomic E-state index is 13.3. The molecule has 0 saturated carbocycles. The van der Waals surface area contributed by atoms with Crippen LogP contribution in [0.25, 0.3) is 5.76 Å². The van der Waals surface area contributed by atoms with E-state index in [9.17, 15) is 14.7 Å². The third-order valence-corrected chi connectivity index (χ3v) is 7.34. The molecule has 1 amide bonds. The van der Waals surface area contributed by atoms with E-state index in [2.05, 4.69) is 0 Å². The summed E-state index contributed by atoms with van der Waals surface area (Å²) in [5, 5.41) is 13.3. The van der Waals surface area contributed by atoms with Crippen molar-refractivity contribution < 1.29 is 19.4 Å². The van der Waals surface area contributed by atoms with Gasteiger partial charge in [0.2, 0.25) is 0 Å². The summed E-state index contributed by atoms with van der Waals surface area (Å²) in [7, 11) is 0. The van der Waals surface area contributed by atoms with Crippen molar-refractivity contribution in [2.75, 3.05) is 11.5 Å². The first kappa shape index (κ1) is 23.8. The van der Waals surface area contributed by atoms with E-state index in [0.29, 0.717) is 17.9 Å². The number of anilines is 1. The Kier molecular flexibility index (Phi) is 6.62. The van der Waals surface area contributed by atoms with Gasteiger partial charge >= 0.3 is 0 Å². The van der Waals surface area contributed by atoms with Crippen molar-refractivity contribution in [1.29, 1.82) is 0 Å². The maximum Gasteiger partial charge on any atom is 0.300 e. The van der Waals surface area contributed by atoms with Crippen molar-refractivity contribution >= 4 is 34.5 Å². The SMILES string of the molecule is CCCOc1ccc(/C(O)=C2/C(=O)C(=O)N(c3ccc(C)c(C)c3)C2c2sccc2C)cc1C. The van der Waals surface area contributed by atoms with Gasteiger partial charge in [-0.25, -0.2) is 0 Å². The van der Waals surface area contributed by atoms with Gasteiger partial charge in [-0.1, -0.05) is 13.0 Å². The topological polar surface area (TPSA) is 66.8 Å². The Labute approximate surface area is 204 Å². The molecular formula is C28H29NO4S. The lowest BCUT2D eigenvalue weighted by molar-refractivity contribution is -0.132. The average molecular weight is 476 g/mol. The van der Waals surface area contributed by atoms with E-state index in [1.165, 1.54) is 16.2 Å². The second-order valence-corrected chi connectivity index (χ2v) is 9.68. The summed E-state index contributed by atoms with van der Waals surface area (Å²) in [6.45, 7) is 10.5. The molecule has 1 aliphatic heterocycles. The Balaban J connectivity index is 1.88. The monoisotopic (exact) mass is 475 g/mol. The number of ether oxygens (including phenoxy) is 1. The fraction of sp³-hybridized carbons (Fsp3) is 0.286. The Morgan fingerprint density at radius 3 is 2.35 bits per heavy atom. The van der Waals surface area contributed by atoms with Crippen LogP contribution in [0.2, 0.25) is 0 Å². The summed E-state index contributed by atoms with van der Waals surface area (Å²) in [5.41, 5.74) is 5.18. The van der Waals surface area contributed by atoms with Crippen LogP contribution in [0.3, 0.4) is 0 Å². The standard InChI is InChI=1S/C28H29NO4S/c1-6-12-33-22-10-8-20(14-19(22)5)25(30)23-24(27-17(3)11-13-34-27)29(28(32)26(23)31)21-9-7-16(2)18(4)15-21/h7-11,13-15,24,30H,6,12H2,1-5H3/b25-23-. The quantitative estimate of drug-likeness (QED) is 0.255. The van der Waals surface area contributed by atoms with Gasteiger partial charge in [0.15, 0.2) is 0 Å². The van der Waals surface area contributed by atoms with Crippen LogP contribution in [0.5, 0.6) is 5.75 Å². The first-order valence-electron chi connectivity index (χ1n) is 11.4. The summed E-state index contributed by atoms with van der Waals surface area (Å²) in [4.78, 5) is 29.0. The fourth-order valence-electron chi connectivity index (χ4n) is 4.21. The number of aliphatic hydroxyl groups excluding tert-OH is 1. The normalized spacial score (nSPS) is 17.4. The molecule has 0 bridgehead atoms. The Morgan fingerprint density at radius 1 is 0.971 bits per heavy atom. The van der Waals surface area contributed by atoms with E-state index in [-0.39, 0.29) is 11.3 Å². The number of aliphatic hydroxyl groups is 1. The second-order valence-electron chi connectivity index (χ2n) is 8.73. The molecule has 2 aromatic carbocycles. The van der Waals surface area contributed by atoms with Crippen LogP contribution >= 0.6 is 11.3 Å². The lowest BCUT2D eigenvalue weighted by Gasteiger charge is -2.25. The van der Waals surface area contributed by atoms with E-state index >= 15 is 0 Å². The van der Waals surface area contributed by atoms with E-state index in [1.54, 1.807) is 18.2 Å². The number of nitrogens with zero attached hydrogens (tertiary/aromatic N) is 1. The number of hydrogen-bond acceptors (Lipinski definition) is 5. The van der Waals surface area contributed by atoms with Gasteiger partial charge in [-0.05, 0) is 98.1 Å². The van der Waals surface area contributed by atoms with Crippen LogP contribution in [0.15, 0.2) is 53.4 Å². The zero-order chi connectivity index (χ0) is 24.6. The number of Topliss-reactive ketones (excluding diaryl/α,β-unsaturated/α-hetero) is 1. The number of hydrogen-bond donors (Lipinski definition) is 1.